The molecule has 3 aromatic heterocycles. The number of aromatic nitrogens is 2. The first-order chi connectivity index (χ1) is 14.9. The molecule has 1 aliphatic heterocycles. The average molecular weight is 460 g/mol. The fraction of sp³-hybridized carbons (Fsp3) is 0.429. The Bertz CT molecular complexity index is 1130. The molecule has 1 aliphatic rings. The molecule has 0 aliphatic carbocycles. The maximum atomic E-state index is 13.1. The minimum absolute atomic E-state index is 0.00184. The summed E-state index contributed by atoms with van der Waals surface area (Å²) in [7, 11) is 0. The highest BCUT2D eigenvalue weighted by atomic mass is 32.1. The predicted octanol–water partition coefficient (Wildman–Crippen LogP) is 1.86. The number of thiophene rings is 2. The second-order valence-corrected chi connectivity index (χ2v) is 9.67. The van der Waals surface area contributed by atoms with Gasteiger partial charge >= 0.3 is 0 Å². The number of piperazine rings is 1. The molecule has 0 bridgehead atoms. The van der Waals surface area contributed by atoms with Crippen molar-refractivity contribution in [2.75, 3.05) is 32.7 Å². The predicted molar refractivity (Wildman–Crippen MR) is 123 cm³/mol. The Hall–Kier alpha value is -2.56. The Morgan fingerprint density at radius 3 is 2.61 bits per heavy atom. The highest BCUT2D eigenvalue weighted by Gasteiger charge is 2.23. The van der Waals surface area contributed by atoms with Gasteiger partial charge in [0.1, 0.15) is 11.4 Å². The molecule has 8 nitrogen and oxygen atoms in total. The van der Waals surface area contributed by atoms with E-state index in [0.717, 1.165) is 10.4 Å². The lowest BCUT2D eigenvalue weighted by Gasteiger charge is -2.34. The lowest BCUT2D eigenvalue weighted by molar-refractivity contribution is -0.134. The Labute approximate surface area is 188 Å². The van der Waals surface area contributed by atoms with E-state index in [2.05, 4.69) is 10.3 Å². The molecule has 31 heavy (non-hydrogen) atoms. The van der Waals surface area contributed by atoms with E-state index in [4.69, 9.17) is 0 Å². The van der Waals surface area contributed by atoms with Gasteiger partial charge in [-0.1, -0.05) is 6.07 Å². The molecule has 4 heterocycles. The van der Waals surface area contributed by atoms with Crippen molar-refractivity contribution in [3.63, 3.8) is 0 Å². The van der Waals surface area contributed by atoms with E-state index in [-0.39, 0.29) is 30.0 Å². The normalized spacial score (nSPS) is 15.0. The van der Waals surface area contributed by atoms with E-state index in [0.29, 0.717) is 42.9 Å². The summed E-state index contributed by atoms with van der Waals surface area (Å²) in [6.07, 6.45) is 1.46. The van der Waals surface area contributed by atoms with Crippen LogP contribution >= 0.6 is 22.7 Å². The van der Waals surface area contributed by atoms with Gasteiger partial charge in [-0.15, -0.1) is 22.7 Å². The van der Waals surface area contributed by atoms with Gasteiger partial charge in [-0.2, -0.15) is 0 Å². The fourth-order valence-corrected chi connectivity index (χ4v) is 5.39. The number of hydrogen-bond acceptors (Lipinski definition) is 7. The standard InChI is InChI=1S/C21H25N5O3S2/c1-14(2)23-17(27)10-24-5-7-25(8-6-24)18(28)11-26-13-22-20-19(21(26)29)15(12-31-20)16-4-3-9-30-16/h3-4,9,12-14H,5-8,10-11H2,1-2H3,(H,23,27). The van der Waals surface area contributed by atoms with Crippen molar-refractivity contribution in [1.29, 1.82) is 0 Å². The number of carbonyl (C=O) groups excluding carboxylic acids is 2. The number of amides is 2. The molecule has 2 amide bonds. The average Bonchev–Trinajstić information content (AvgIpc) is 3.39. The lowest BCUT2D eigenvalue weighted by atomic mass is 10.2. The van der Waals surface area contributed by atoms with Crippen molar-refractivity contribution < 1.29 is 9.59 Å². The zero-order valence-electron chi connectivity index (χ0n) is 17.5. The summed E-state index contributed by atoms with van der Waals surface area (Å²) >= 11 is 3.02. The third-order valence-electron chi connectivity index (χ3n) is 5.19. The number of nitrogens with zero attached hydrogens (tertiary/aromatic N) is 4. The van der Waals surface area contributed by atoms with Gasteiger partial charge in [0.25, 0.3) is 5.56 Å². The van der Waals surface area contributed by atoms with Crippen LogP contribution in [0.5, 0.6) is 0 Å². The molecule has 1 N–H and O–H groups in total. The summed E-state index contributed by atoms with van der Waals surface area (Å²) in [5.41, 5.74) is 0.689. The van der Waals surface area contributed by atoms with Crippen LogP contribution in [-0.4, -0.2) is 69.9 Å². The van der Waals surface area contributed by atoms with Gasteiger partial charge in [-0.25, -0.2) is 4.98 Å². The molecule has 3 aromatic rings. The van der Waals surface area contributed by atoms with Gasteiger partial charge in [0.15, 0.2) is 0 Å². The SMILES string of the molecule is CC(C)NC(=O)CN1CCN(C(=O)Cn2cnc3scc(-c4cccs4)c3c2=O)CC1. The van der Waals surface area contributed by atoms with Crippen LogP contribution in [0.1, 0.15) is 13.8 Å². The van der Waals surface area contributed by atoms with Crippen LogP contribution in [-0.2, 0) is 16.1 Å². The maximum absolute atomic E-state index is 13.1. The van der Waals surface area contributed by atoms with Gasteiger partial charge in [0.05, 0.1) is 18.3 Å². The van der Waals surface area contributed by atoms with Gasteiger partial charge in [-0.05, 0) is 25.3 Å². The topological polar surface area (TPSA) is 87.5 Å². The van der Waals surface area contributed by atoms with E-state index in [1.165, 1.54) is 22.2 Å². The molecule has 0 spiro atoms. The summed E-state index contributed by atoms with van der Waals surface area (Å²) in [5.74, 6) is -0.111. The Morgan fingerprint density at radius 1 is 1.16 bits per heavy atom. The van der Waals surface area contributed by atoms with Crippen molar-refractivity contribution in [2.24, 2.45) is 0 Å². The third kappa shape index (κ3) is 4.86. The smallest absolute Gasteiger partial charge is 0.263 e. The van der Waals surface area contributed by atoms with Crippen LogP contribution in [0, 0.1) is 0 Å². The van der Waals surface area contributed by atoms with E-state index in [1.54, 1.807) is 16.2 Å². The number of nitrogens with one attached hydrogen (secondary N) is 1. The molecule has 0 radical (unpaired) electrons. The molecule has 1 saturated heterocycles. The first-order valence-corrected chi connectivity index (χ1v) is 12.0. The largest absolute Gasteiger partial charge is 0.353 e. The Balaban J connectivity index is 1.41. The number of hydrogen-bond donors (Lipinski definition) is 1. The summed E-state index contributed by atoms with van der Waals surface area (Å²) in [6, 6.07) is 4.05. The monoisotopic (exact) mass is 459 g/mol. The second-order valence-electron chi connectivity index (χ2n) is 7.86. The Morgan fingerprint density at radius 2 is 1.94 bits per heavy atom. The number of rotatable bonds is 6. The number of fused-ring (bicyclic) bond motifs is 1. The number of carbonyl (C=O) groups is 2. The van der Waals surface area contributed by atoms with Crippen LogP contribution in [0.25, 0.3) is 20.7 Å². The van der Waals surface area contributed by atoms with Crippen molar-refractivity contribution in [1.82, 2.24) is 24.7 Å². The highest BCUT2D eigenvalue weighted by Crippen LogP contribution is 2.33. The quantitative estimate of drug-likeness (QED) is 0.608. The van der Waals surface area contributed by atoms with Crippen LogP contribution in [0.15, 0.2) is 34.0 Å². The first kappa shape index (κ1) is 21.7. The molecule has 4 rings (SSSR count). The van der Waals surface area contributed by atoms with E-state index in [1.807, 2.05) is 41.6 Å². The molecular weight excluding hydrogens is 434 g/mol. The van der Waals surface area contributed by atoms with Crippen molar-refractivity contribution in [3.8, 4) is 10.4 Å². The van der Waals surface area contributed by atoms with Gasteiger partial charge in [0, 0.05) is 48.0 Å². The maximum Gasteiger partial charge on any atom is 0.263 e. The summed E-state index contributed by atoms with van der Waals surface area (Å²) in [5, 5.41) is 7.38. The van der Waals surface area contributed by atoms with Crippen LogP contribution in [0.2, 0.25) is 0 Å². The van der Waals surface area contributed by atoms with Gasteiger partial charge < -0.3 is 10.2 Å². The van der Waals surface area contributed by atoms with E-state index >= 15 is 0 Å². The summed E-state index contributed by atoms with van der Waals surface area (Å²) in [4.78, 5) is 47.8. The van der Waals surface area contributed by atoms with Crippen LogP contribution in [0.4, 0.5) is 0 Å². The zero-order valence-corrected chi connectivity index (χ0v) is 19.2. The summed E-state index contributed by atoms with van der Waals surface area (Å²) in [6.45, 7) is 6.52. The highest BCUT2D eigenvalue weighted by molar-refractivity contribution is 7.18. The molecule has 0 unspecified atom stereocenters. The molecular formula is C21H25N5O3S2. The third-order valence-corrected chi connectivity index (χ3v) is 6.98. The van der Waals surface area contributed by atoms with Crippen molar-refractivity contribution in [3.05, 3.63) is 39.6 Å². The van der Waals surface area contributed by atoms with Crippen molar-refractivity contribution in [2.45, 2.75) is 26.4 Å². The fourth-order valence-electron chi connectivity index (χ4n) is 3.67. The molecule has 0 atom stereocenters. The molecule has 0 saturated carbocycles. The molecule has 10 heteroatoms. The first-order valence-electron chi connectivity index (χ1n) is 10.2. The molecule has 0 aromatic carbocycles. The summed E-state index contributed by atoms with van der Waals surface area (Å²) < 4.78 is 1.40. The zero-order chi connectivity index (χ0) is 22.0. The van der Waals surface area contributed by atoms with Crippen LogP contribution < -0.4 is 10.9 Å². The molecule has 164 valence electrons. The van der Waals surface area contributed by atoms with Gasteiger partial charge in [0.2, 0.25) is 11.8 Å². The van der Waals surface area contributed by atoms with E-state index < -0.39 is 0 Å². The lowest BCUT2D eigenvalue weighted by Crippen LogP contribution is -2.52. The van der Waals surface area contributed by atoms with E-state index in [9.17, 15) is 14.4 Å². The van der Waals surface area contributed by atoms with Crippen LogP contribution in [0.3, 0.4) is 0 Å². The minimum atomic E-state index is -0.188. The van der Waals surface area contributed by atoms with Gasteiger partial charge in [-0.3, -0.25) is 23.9 Å². The second kappa shape index (κ2) is 9.29. The Kier molecular flexibility index (Phi) is 6.49. The molecule has 1 fully saturated rings. The van der Waals surface area contributed by atoms with Crippen molar-refractivity contribution >= 4 is 44.7 Å². The minimum Gasteiger partial charge on any atom is -0.353 e.